The number of aromatic nitrogens is 1. The Balaban J connectivity index is 0.000000514. The van der Waals surface area contributed by atoms with Crippen LogP contribution in [-0.4, -0.2) is 26.0 Å². The van der Waals surface area contributed by atoms with Gasteiger partial charge in [-0.15, -0.1) is 0 Å². The molecule has 0 aliphatic carbocycles. The molecule has 0 N–H and O–H groups in total. The van der Waals surface area contributed by atoms with Crippen LogP contribution in [-0.2, 0) is 0 Å². The van der Waals surface area contributed by atoms with E-state index in [1.54, 1.807) is 0 Å². The van der Waals surface area contributed by atoms with Gasteiger partial charge in [0.1, 0.15) is 13.2 Å². The molecule has 1 aliphatic rings. The molecule has 0 amide bonds. The molecule has 17 heavy (non-hydrogen) atoms. The van der Waals surface area contributed by atoms with E-state index >= 15 is 0 Å². The van der Waals surface area contributed by atoms with Crippen LogP contribution in [0.15, 0.2) is 24.3 Å². The molecule has 0 saturated heterocycles. The summed E-state index contributed by atoms with van der Waals surface area (Å²) in [7, 11) is 4.50. The third-order valence-electron chi connectivity index (χ3n) is 2.51. The smallest absolute Gasteiger partial charge is 0.170 e. The molecule has 1 aliphatic heterocycles. The Bertz CT molecular complexity index is 528. The van der Waals surface area contributed by atoms with Gasteiger partial charge in [0, 0.05) is 11.1 Å². The van der Waals surface area contributed by atoms with E-state index < -0.39 is 0 Å². The van der Waals surface area contributed by atoms with Gasteiger partial charge in [0.2, 0.25) is 0 Å². The molecule has 2 radical (unpaired) electrons. The Morgan fingerprint density at radius 1 is 1.06 bits per heavy atom. The highest BCUT2D eigenvalue weighted by Gasteiger charge is 2.14. The molecule has 0 bridgehead atoms. The number of pyridine rings is 1. The first-order valence-electron chi connectivity index (χ1n) is 5.58. The van der Waals surface area contributed by atoms with Crippen molar-refractivity contribution in [3.8, 4) is 11.5 Å². The van der Waals surface area contributed by atoms with Crippen molar-refractivity contribution in [1.82, 2.24) is 4.98 Å². The Kier molecular flexibility index (Phi) is 3.52. The normalized spacial score (nSPS) is 12.8. The van der Waals surface area contributed by atoms with Crippen molar-refractivity contribution in [3.63, 3.8) is 0 Å². The molecule has 0 unspecified atom stereocenters. The summed E-state index contributed by atoms with van der Waals surface area (Å²) in [5.74, 6) is 1.64. The standard InChI is InChI=1S/C12H11NO2.CH3B/c1-8-2-3-9-10(13-8)4-5-11-12(9)15-7-6-14-11;1-2/h2-5H,6-7H2,1H3;1H3. The zero-order valence-corrected chi connectivity index (χ0v) is 10.1. The van der Waals surface area contributed by atoms with Crippen molar-refractivity contribution in [3.05, 3.63) is 30.0 Å². The van der Waals surface area contributed by atoms with Gasteiger partial charge in [-0.1, -0.05) is 6.82 Å². The molecule has 0 fully saturated rings. The Hall–Kier alpha value is -1.71. The number of rotatable bonds is 0. The summed E-state index contributed by atoms with van der Waals surface area (Å²) in [6, 6.07) is 7.91. The van der Waals surface area contributed by atoms with Gasteiger partial charge in [0.25, 0.3) is 0 Å². The predicted octanol–water partition coefficient (Wildman–Crippen LogP) is 2.52. The highest BCUT2D eigenvalue weighted by Crippen LogP contribution is 2.36. The van der Waals surface area contributed by atoms with Gasteiger partial charge in [0.15, 0.2) is 11.5 Å². The third-order valence-corrected chi connectivity index (χ3v) is 2.51. The average Bonchev–Trinajstić information content (AvgIpc) is 2.40. The zero-order valence-electron chi connectivity index (χ0n) is 10.1. The maximum Gasteiger partial charge on any atom is 0.170 e. The van der Waals surface area contributed by atoms with E-state index in [-0.39, 0.29) is 0 Å². The first kappa shape index (κ1) is 11.8. The minimum atomic E-state index is 0.611. The summed E-state index contributed by atoms with van der Waals surface area (Å²) >= 11 is 0. The summed E-state index contributed by atoms with van der Waals surface area (Å²) in [5.41, 5.74) is 1.97. The van der Waals surface area contributed by atoms with Crippen LogP contribution in [0.25, 0.3) is 10.9 Å². The molecule has 0 atom stereocenters. The molecule has 2 heterocycles. The first-order chi connectivity index (χ1) is 8.34. The second-order valence-electron chi connectivity index (χ2n) is 3.61. The Morgan fingerprint density at radius 3 is 2.65 bits per heavy atom. The van der Waals surface area contributed by atoms with E-state index in [0.717, 1.165) is 28.1 Å². The number of hydrogen-bond acceptors (Lipinski definition) is 3. The molecular weight excluding hydrogens is 213 g/mol. The molecular formula is C13H14BNO2. The molecule has 3 nitrogen and oxygen atoms in total. The van der Waals surface area contributed by atoms with Gasteiger partial charge < -0.3 is 9.47 Å². The zero-order chi connectivity index (χ0) is 12.3. The number of ether oxygens (including phenoxy) is 2. The Labute approximate surface area is 102 Å². The van der Waals surface area contributed by atoms with Crippen LogP contribution in [0.5, 0.6) is 11.5 Å². The predicted molar refractivity (Wildman–Crippen MR) is 69.1 cm³/mol. The van der Waals surface area contributed by atoms with Gasteiger partial charge in [-0.2, -0.15) is 0 Å². The summed E-state index contributed by atoms with van der Waals surface area (Å²) in [6.45, 7) is 4.72. The molecule has 0 saturated carbocycles. The monoisotopic (exact) mass is 227 g/mol. The SMILES string of the molecule is Cc1ccc2c3c(ccc2n1)OCCO3.[B]C. The van der Waals surface area contributed by atoms with E-state index in [4.69, 9.17) is 9.47 Å². The Morgan fingerprint density at radius 2 is 1.82 bits per heavy atom. The lowest BCUT2D eigenvalue weighted by atomic mass is 10.1. The minimum absolute atomic E-state index is 0.611. The van der Waals surface area contributed by atoms with Crippen molar-refractivity contribution in [2.75, 3.05) is 13.2 Å². The molecule has 0 spiro atoms. The van der Waals surface area contributed by atoms with Crippen molar-refractivity contribution in [2.45, 2.75) is 13.7 Å². The van der Waals surface area contributed by atoms with Crippen LogP contribution in [0.3, 0.4) is 0 Å². The highest BCUT2D eigenvalue weighted by atomic mass is 16.6. The summed E-state index contributed by atoms with van der Waals surface area (Å²) < 4.78 is 11.1. The number of benzene rings is 1. The molecule has 86 valence electrons. The molecule has 3 rings (SSSR count). The maximum absolute atomic E-state index is 5.61. The van der Waals surface area contributed by atoms with Crippen LogP contribution in [0, 0.1) is 6.92 Å². The molecule has 1 aromatic heterocycles. The molecule has 4 heteroatoms. The van der Waals surface area contributed by atoms with Gasteiger partial charge in [-0.3, -0.25) is 4.98 Å². The largest absolute Gasteiger partial charge is 0.486 e. The second-order valence-corrected chi connectivity index (χ2v) is 3.61. The van der Waals surface area contributed by atoms with Crippen LogP contribution >= 0.6 is 0 Å². The van der Waals surface area contributed by atoms with E-state index in [1.807, 2.05) is 31.2 Å². The highest BCUT2D eigenvalue weighted by molar-refractivity contribution is 6.05. The molecule has 1 aromatic carbocycles. The topological polar surface area (TPSA) is 31.4 Å². The average molecular weight is 227 g/mol. The fourth-order valence-corrected chi connectivity index (χ4v) is 1.82. The van der Waals surface area contributed by atoms with Crippen molar-refractivity contribution in [1.29, 1.82) is 0 Å². The van der Waals surface area contributed by atoms with Gasteiger partial charge >= 0.3 is 0 Å². The van der Waals surface area contributed by atoms with Gasteiger partial charge in [-0.25, -0.2) is 0 Å². The number of hydrogen-bond donors (Lipinski definition) is 0. The molecule has 2 aromatic rings. The lowest BCUT2D eigenvalue weighted by Crippen LogP contribution is -2.15. The lowest BCUT2D eigenvalue weighted by molar-refractivity contribution is 0.174. The van der Waals surface area contributed by atoms with Crippen molar-refractivity contribution in [2.24, 2.45) is 0 Å². The number of nitrogens with zero attached hydrogens (tertiary/aromatic N) is 1. The lowest BCUT2D eigenvalue weighted by Gasteiger charge is -2.19. The van der Waals surface area contributed by atoms with Crippen LogP contribution in [0.4, 0.5) is 0 Å². The second kappa shape index (κ2) is 5.08. The van der Waals surface area contributed by atoms with Gasteiger partial charge in [0.05, 0.1) is 13.4 Å². The summed E-state index contributed by atoms with van der Waals surface area (Å²) in [6.07, 6.45) is 0. The summed E-state index contributed by atoms with van der Waals surface area (Å²) in [4.78, 5) is 4.45. The minimum Gasteiger partial charge on any atom is -0.486 e. The third kappa shape index (κ3) is 2.21. The fourth-order valence-electron chi connectivity index (χ4n) is 1.82. The van der Waals surface area contributed by atoms with Gasteiger partial charge in [-0.05, 0) is 31.2 Å². The quantitative estimate of drug-likeness (QED) is 0.648. The van der Waals surface area contributed by atoms with E-state index in [2.05, 4.69) is 12.8 Å². The van der Waals surface area contributed by atoms with Crippen LogP contribution < -0.4 is 9.47 Å². The number of fused-ring (bicyclic) bond motifs is 3. The number of aryl methyl sites for hydroxylation is 1. The summed E-state index contributed by atoms with van der Waals surface area (Å²) in [5, 5.41) is 1.03. The van der Waals surface area contributed by atoms with Crippen molar-refractivity contribution < 1.29 is 9.47 Å². The van der Waals surface area contributed by atoms with E-state index in [9.17, 15) is 0 Å². The maximum atomic E-state index is 5.61. The van der Waals surface area contributed by atoms with Crippen LogP contribution in [0.1, 0.15) is 5.69 Å². The van der Waals surface area contributed by atoms with Crippen LogP contribution in [0.2, 0.25) is 6.82 Å². The first-order valence-corrected chi connectivity index (χ1v) is 5.58. The van der Waals surface area contributed by atoms with E-state index in [1.165, 1.54) is 6.82 Å². The van der Waals surface area contributed by atoms with Crippen molar-refractivity contribution >= 4 is 18.7 Å². The van der Waals surface area contributed by atoms with E-state index in [0.29, 0.717) is 13.2 Å². The fraction of sp³-hybridized carbons (Fsp3) is 0.308.